The number of aliphatic hydroxyl groups excluding tert-OH is 1. The fourth-order valence-corrected chi connectivity index (χ4v) is 1.32. The van der Waals surface area contributed by atoms with Gasteiger partial charge in [-0.15, -0.1) is 0 Å². The first kappa shape index (κ1) is 15.4. The third kappa shape index (κ3) is 3.42. The molecule has 1 aliphatic heterocycles. The van der Waals surface area contributed by atoms with Crippen LogP contribution in [0.1, 0.15) is 20.8 Å². The Hall–Kier alpha value is -1.62. The van der Waals surface area contributed by atoms with Crippen LogP contribution in [-0.2, 0) is 9.59 Å². The van der Waals surface area contributed by atoms with Gasteiger partial charge in [0.2, 0.25) is 0 Å². The van der Waals surface area contributed by atoms with E-state index in [1.165, 1.54) is 18.0 Å². The van der Waals surface area contributed by atoms with Crippen LogP contribution in [0.5, 0.6) is 0 Å². The van der Waals surface area contributed by atoms with E-state index in [0.29, 0.717) is 12.4 Å². The summed E-state index contributed by atoms with van der Waals surface area (Å²) in [5.74, 6) is -0.192. The van der Waals surface area contributed by atoms with E-state index in [0.717, 1.165) is 0 Å². The van der Waals surface area contributed by atoms with Gasteiger partial charge in [0.05, 0.1) is 12.2 Å². The fourth-order valence-electron chi connectivity index (χ4n) is 1.32. The molecule has 0 radical (unpaired) electrons. The molecule has 0 atom stereocenters. The second-order valence-corrected chi connectivity index (χ2v) is 3.30. The molecular weight excluding hydrogens is 220 g/mol. The van der Waals surface area contributed by atoms with Crippen molar-refractivity contribution in [2.45, 2.75) is 20.8 Å². The first-order valence-electron chi connectivity index (χ1n) is 5.56. The van der Waals surface area contributed by atoms with Gasteiger partial charge in [-0.1, -0.05) is 20.4 Å². The molecule has 1 N–H and O–H groups in total. The zero-order chi connectivity index (χ0) is 13.6. The second kappa shape index (κ2) is 6.85. The number of likely N-dealkylation sites (N-methyl/N-ethyl adjacent to an activating group) is 1. The topological polar surface area (TPSA) is 60.9 Å². The molecule has 1 rings (SSSR count). The second-order valence-electron chi connectivity index (χ2n) is 3.30. The highest BCUT2D eigenvalue weighted by Crippen LogP contribution is 2.18. The van der Waals surface area contributed by atoms with Crippen LogP contribution in [0.15, 0.2) is 24.2 Å². The lowest BCUT2D eigenvalue weighted by Crippen LogP contribution is -2.41. The van der Waals surface area contributed by atoms with Crippen molar-refractivity contribution in [3.8, 4) is 0 Å². The molecule has 1 aliphatic rings. The van der Waals surface area contributed by atoms with Crippen molar-refractivity contribution in [1.82, 2.24) is 9.80 Å². The molecule has 0 fully saturated rings. The van der Waals surface area contributed by atoms with Crippen LogP contribution >= 0.6 is 0 Å². The minimum absolute atomic E-state index is 0.0667. The Balaban J connectivity index is 0.00000121. The van der Waals surface area contributed by atoms with Crippen LogP contribution in [0.4, 0.5) is 0 Å². The summed E-state index contributed by atoms with van der Waals surface area (Å²) in [5, 5.41) is 8.81. The summed E-state index contributed by atoms with van der Waals surface area (Å²) in [6.45, 7) is 9.29. The van der Waals surface area contributed by atoms with Gasteiger partial charge in [-0.2, -0.15) is 0 Å². The minimum Gasteiger partial charge on any atom is -0.395 e. The number of β-amino-alcohol motifs (C(OH)–C–C–N with tert-alkyl or cyclic N) is 1. The number of Topliss-reactive ketones (excluding diaryl/α,β-unsaturated/α-hetero) is 1. The summed E-state index contributed by atoms with van der Waals surface area (Å²) in [6, 6.07) is 0. The molecule has 5 heteroatoms. The Labute approximate surface area is 102 Å². The molecule has 0 aromatic heterocycles. The fraction of sp³-hybridized carbons (Fsp3) is 0.500. The van der Waals surface area contributed by atoms with Crippen molar-refractivity contribution in [1.29, 1.82) is 0 Å². The zero-order valence-electron chi connectivity index (χ0n) is 10.9. The van der Waals surface area contributed by atoms with Crippen LogP contribution in [0.25, 0.3) is 0 Å². The maximum atomic E-state index is 11.6. The quantitative estimate of drug-likeness (QED) is 0.739. The summed E-state index contributed by atoms with van der Waals surface area (Å²) in [4.78, 5) is 25.7. The predicted octanol–water partition coefficient (Wildman–Crippen LogP) is 0.723. The van der Waals surface area contributed by atoms with Gasteiger partial charge < -0.3 is 10.0 Å². The monoisotopic (exact) mass is 240 g/mol. The van der Waals surface area contributed by atoms with E-state index in [-0.39, 0.29) is 23.9 Å². The van der Waals surface area contributed by atoms with E-state index >= 15 is 0 Å². The van der Waals surface area contributed by atoms with Crippen molar-refractivity contribution in [2.24, 2.45) is 0 Å². The van der Waals surface area contributed by atoms with E-state index in [1.807, 2.05) is 13.8 Å². The normalized spacial score (nSPS) is 15.2. The highest BCUT2D eigenvalue weighted by atomic mass is 16.3. The molecule has 0 spiro atoms. The Kier molecular flexibility index (Phi) is 6.20. The summed E-state index contributed by atoms with van der Waals surface area (Å²) in [7, 11) is 1.55. The van der Waals surface area contributed by atoms with Crippen LogP contribution in [0, 0.1) is 0 Å². The molecule has 0 saturated carbocycles. The molecule has 1 amide bonds. The highest BCUT2D eigenvalue weighted by Gasteiger charge is 2.28. The molecular formula is C12H20N2O3. The lowest BCUT2D eigenvalue weighted by Gasteiger charge is -2.33. The maximum absolute atomic E-state index is 11.6. The van der Waals surface area contributed by atoms with Crippen molar-refractivity contribution in [3.63, 3.8) is 0 Å². The van der Waals surface area contributed by atoms with Crippen molar-refractivity contribution in [2.75, 3.05) is 20.2 Å². The Morgan fingerprint density at radius 1 is 1.47 bits per heavy atom. The lowest BCUT2D eigenvalue weighted by molar-refractivity contribution is -0.128. The Bertz CT molecular complexity index is 348. The highest BCUT2D eigenvalue weighted by molar-refractivity contribution is 6.19. The molecule has 1 heterocycles. The van der Waals surface area contributed by atoms with Crippen LogP contribution in [0.3, 0.4) is 0 Å². The van der Waals surface area contributed by atoms with Crippen LogP contribution in [0.2, 0.25) is 0 Å². The number of carbonyl (C=O) groups is 2. The first-order valence-corrected chi connectivity index (χ1v) is 5.56. The molecule has 96 valence electrons. The number of hydrogen-bond donors (Lipinski definition) is 1. The van der Waals surface area contributed by atoms with E-state index in [2.05, 4.69) is 6.58 Å². The maximum Gasteiger partial charge on any atom is 0.264 e. The van der Waals surface area contributed by atoms with Gasteiger partial charge in [0.1, 0.15) is 5.82 Å². The SMILES string of the molecule is C=C1N(CCO)C=C(C(C)=O)C(=O)N1C.CC. The minimum atomic E-state index is -0.360. The largest absolute Gasteiger partial charge is 0.395 e. The first-order chi connectivity index (χ1) is 7.99. The number of rotatable bonds is 3. The number of hydrogen-bond acceptors (Lipinski definition) is 4. The Morgan fingerprint density at radius 2 is 2.00 bits per heavy atom. The smallest absolute Gasteiger partial charge is 0.264 e. The van der Waals surface area contributed by atoms with Gasteiger partial charge in [0.25, 0.3) is 5.91 Å². The molecule has 0 unspecified atom stereocenters. The molecule has 0 aromatic carbocycles. The number of amides is 1. The number of aliphatic hydroxyl groups is 1. The molecule has 5 nitrogen and oxygen atoms in total. The molecule has 0 aromatic rings. The lowest BCUT2D eigenvalue weighted by atomic mass is 10.1. The summed E-state index contributed by atoms with van der Waals surface area (Å²) >= 11 is 0. The van der Waals surface area contributed by atoms with Crippen molar-refractivity contribution >= 4 is 11.7 Å². The standard InChI is InChI=1S/C10H14N2O3.C2H6/c1-7(14)9-6-12(4-5-13)8(2)11(3)10(9)15;1-2/h6,13H,2,4-5H2,1,3H3;1-2H3. The third-order valence-corrected chi connectivity index (χ3v) is 2.26. The van der Waals surface area contributed by atoms with E-state index in [4.69, 9.17) is 5.11 Å². The van der Waals surface area contributed by atoms with Gasteiger partial charge in [0, 0.05) is 19.8 Å². The number of carbonyl (C=O) groups excluding carboxylic acids is 2. The molecule has 0 bridgehead atoms. The number of ketones is 1. The third-order valence-electron chi connectivity index (χ3n) is 2.26. The Morgan fingerprint density at radius 3 is 2.41 bits per heavy atom. The van der Waals surface area contributed by atoms with E-state index < -0.39 is 0 Å². The van der Waals surface area contributed by atoms with Gasteiger partial charge in [-0.05, 0) is 6.92 Å². The van der Waals surface area contributed by atoms with Crippen molar-refractivity contribution in [3.05, 3.63) is 24.2 Å². The van der Waals surface area contributed by atoms with Gasteiger partial charge >= 0.3 is 0 Å². The van der Waals surface area contributed by atoms with Gasteiger partial charge in [-0.3, -0.25) is 14.5 Å². The summed E-state index contributed by atoms with van der Waals surface area (Å²) in [6.07, 6.45) is 1.43. The predicted molar refractivity (Wildman–Crippen MR) is 65.8 cm³/mol. The average molecular weight is 240 g/mol. The zero-order valence-corrected chi connectivity index (χ0v) is 10.9. The summed E-state index contributed by atoms with van der Waals surface area (Å²) in [5.41, 5.74) is 0.110. The molecule has 0 saturated heterocycles. The van der Waals surface area contributed by atoms with E-state index in [9.17, 15) is 9.59 Å². The molecule has 0 aliphatic carbocycles. The van der Waals surface area contributed by atoms with Crippen LogP contribution < -0.4 is 0 Å². The van der Waals surface area contributed by atoms with E-state index in [1.54, 1.807) is 11.9 Å². The average Bonchev–Trinajstić information content (AvgIpc) is 2.32. The number of nitrogens with zero attached hydrogens (tertiary/aromatic N) is 2. The summed E-state index contributed by atoms with van der Waals surface area (Å²) < 4.78 is 0. The van der Waals surface area contributed by atoms with Crippen molar-refractivity contribution < 1.29 is 14.7 Å². The molecule has 17 heavy (non-hydrogen) atoms. The van der Waals surface area contributed by atoms with Gasteiger partial charge in [-0.25, -0.2) is 0 Å². The van der Waals surface area contributed by atoms with Crippen LogP contribution in [-0.4, -0.2) is 46.8 Å². The van der Waals surface area contributed by atoms with Gasteiger partial charge in [0.15, 0.2) is 5.78 Å².